The van der Waals surface area contributed by atoms with E-state index in [9.17, 15) is 13.2 Å². The van der Waals surface area contributed by atoms with Gasteiger partial charge in [-0.15, -0.1) is 12.4 Å². The molecule has 0 saturated heterocycles. The van der Waals surface area contributed by atoms with Gasteiger partial charge in [-0.2, -0.15) is 4.31 Å². The first-order valence-electron chi connectivity index (χ1n) is 8.98. The molecule has 2 N–H and O–H groups in total. The van der Waals surface area contributed by atoms with Crippen LogP contribution in [-0.4, -0.2) is 50.9 Å². The van der Waals surface area contributed by atoms with Gasteiger partial charge in [0.05, 0.1) is 4.90 Å². The number of nitrogens with one attached hydrogen (secondary N) is 2. The maximum absolute atomic E-state index is 12.7. The van der Waals surface area contributed by atoms with Crippen molar-refractivity contribution in [3.05, 3.63) is 29.8 Å². The van der Waals surface area contributed by atoms with Crippen LogP contribution in [0.2, 0.25) is 0 Å². The van der Waals surface area contributed by atoms with Gasteiger partial charge in [-0.25, -0.2) is 8.42 Å². The molecule has 0 spiro atoms. The quantitative estimate of drug-likeness (QED) is 0.593. The molecule has 0 aliphatic rings. The zero-order valence-corrected chi connectivity index (χ0v) is 17.8. The van der Waals surface area contributed by atoms with E-state index in [2.05, 4.69) is 10.6 Å². The Kier molecular flexibility index (Phi) is 11.7. The number of likely N-dealkylation sites (N-methyl/N-ethyl adjacent to an activating group) is 1. The van der Waals surface area contributed by atoms with Crippen LogP contribution >= 0.6 is 12.4 Å². The summed E-state index contributed by atoms with van der Waals surface area (Å²) in [5.41, 5.74) is 0.459. The molecule has 0 aliphatic carbocycles. The summed E-state index contributed by atoms with van der Waals surface area (Å²) in [6, 6.07) is 6.34. The number of sulfonamides is 1. The Hall–Kier alpha value is -1.15. The minimum atomic E-state index is -3.51. The summed E-state index contributed by atoms with van der Waals surface area (Å²) in [6.07, 6.45) is 1.54. The lowest BCUT2D eigenvalue weighted by molar-refractivity contribution is 0.0950. The highest BCUT2D eigenvalue weighted by atomic mass is 35.5. The topological polar surface area (TPSA) is 78.5 Å². The highest BCUT2D eigenvalue weighted by Gasteiger charge is 2.23. The minimum absolute atomic E-state index is 0. The summed E-state index contributed by atoms with van der Waals surface area (Å²) in [5, 5.41) is 6.06. The maximum Gasteiger partial charge on any atom is 0.251 e. The average molecular weight is 406 g/mol. The van der Waals surface area contributed by atoms with Gasteiger partial charge in [-0.3, -0.25) is 4.79 Å². The van der Waals surface area contributed by atoms with Crippen LogP contribution in [0.1, 0.15) is 50.9 Å². The van der Waals surface area contributed by atoms with Crippen molar-refractivity contribution in [1.29, 1.82) is 0 Å². The molecule has 6 nitrogen and oxygen atoms in total. The van der Waals surface area contributed by atoms with E-state index < -0.39 is 10.0 Å². The Bertz CT molecular complexity index is 630. The number of carbonyl (C=O) groups excluding carboxylic acids is 1. The molecule has 0 saturated carbocycles. The van der Waals surface area contributed by atoms with Crippen molar-refractivity contribution in [2.45, 2.75) is 51.5 Å². The normalized spacial score (nSPS) is 12.5. The number of hydrogen-bond donors (Lipinski definition) is 2. The molecule has 1 aromatic rings. The zero-order chi connectivity index (χ0) is 18.9. The molecule has 8 heteroatoms. The van der Waals surface area contributed by atoms with Crippen LogP contribution in [0.25, 0.3) is 0 Å². The first-order valence-corrected chi connectivity index (χ1v) is 10.4. The number of nitrogens with zero attached hydrogens (tertiary/aromatic N) is 1. The maximum atomic E-state index is 12.7. The third-order valence-electron chi connectivity index (χ3n) is 3.82. The van der Waals surface area contributed by atoms with Crippen LogP contribution in [0.3, 0.4) is 0 Å². The standard InChI is InChI=1S/C18H31N3O3S.ClH/c1-5-12-21(13-6-2)25(23,24)17-10-8-16(9-11-17)18(22)20-14-15(4)19-7-3;/h8-11,15,19H,5-7,12-14H2,1-4H3,(H,20,22);1H/t15-;/m1./s1. The largest absolute Gasteiger partial charge is 0.350 e. The van der Waals surface area contributed by atoms with E-state index in [4.69, 9.17) is 0 Å². The predicted molar refractivity (Wildman–Crippen MR) is 109 cm³/mol. The molecule has 0 aromatic heterocycles. The average Bonchev–Trinajstić information content (AvgIpc) is 2.60. The minimum Gasteiger partial charge on any atom is -0.350 e. The van der Waals surface area contributed by atoms with E-state index in [1.165, 1.54) is 16.4 Å². The number of halogens is 1. The van der Waals surface area contributed by atoms with Crippen molar-refractivity contribution in [2.75, 3.05) is 26.2 Å². The molecule has 150 valence electrons. The van der Waals surface area contributed by atoms with E-state index in [0.717, 1.165) is 19.4 Å². The number of carbonyl (C=O) groups is 1. The second-order valence-corrected chi connectivity index (χ2v) is 8.04. The van der Waals surface area contributed by atoms with Gasteiger partial charge in [0, 0.05) is 31.2 Å². The van der Waals surface area contributed by atoms with E-state index in [1.807, 2.05) is 27.7 Å². The molecular weight excluding hydrogens is 374 g/mol. The molecule has 1 amide bonds. The van der Waals surface area contributed by atoms with E-state index >= 15 is 0 Å². The van der Waals surface area contributed by atoms with Crippen LogP contribution in [0.5, 0.6) is 0 Å². The molecule has 1 atom stereocenters. The third kappa shape index (κ3) is 7.23. The van der Waals surface area contributed by atoms with Gasteiger partial charge in [0.25, 0.3) is 5.91 Å². The Morgan fingerprint density at radius 2 is 1.62 bits per heavy atom. The zero-order valence-electron chi connectivity index (χ0n) is 16.1. The fourth-order valence-corrected chi connectivity index (χ4v) is 4.17. The van der Waals surface area contributed by atoms with Crippen molar-refractivity contribution in [1.82, 2.24) is 14.9 Å². The summed E-state index contributed by atoms with van der Waals surface area (Å²) in [4.78, 5) is 12.4. The van der Waals surface area contributed by atoms with E-state index in [1.54, 1.807) is 12.1 Å². The summed E-state index contributed by atoms with van der Waals surface area (Å²) in [6.45, 7) is 10.3. The SMILES string of the molecule is CCCN(CCC)S(=O)(=O)c1ccc(C(=O)NC[C@@H](C)NCC)cc1.Cl. The Morgan fingerprint density at radius 3 is 2.08 bits per heavy atom. The molecular formula is C18H32ClN3O3S. The van der Waals surface area contributed by atoms with Gasteiger partial charge < -0.3 is 10.6 Å². The van der Waals surface area contributed by atoms with Gasteiger partial charge in [-0.1, -0.05) is 20.8 Å². The molecule has 1 aromatic carbocycles. The van der Waals surface area contributed by atoms with Crippen molar-refractivity contribution >= 4 is 28.3 Å². The number of rotatable bonds is 11. The molecule has 0 heterocycles. The van der Waals surface area contributed by atoms with Crippen LogP contribution in [0.15, 0.2) is 29.2 Å². The molecule has 0 fully saturated rings. The number of benzene rings is 1. The Balaban J connectivity index is 0.00000625. The Morgan fingerprint density at radius 1 is 1.08 bits per heavy atom. The molecule has 1 rings (SSSR count). The Labute approximate surface area is 164 Å². The lowest BCUT2D eigenvalue weighted by Crippen LogP contribution is -2.38. The second kappa shape index (κ2) is 12.3. The summed E-state index contributed by atoms with van der Waals surface area (Å²) < 4.78 is 26.9. The summed E-state index contributed by atoms with van der Waals surface area (Å²) in [7, 11) is -3.51. The molecule has 0 aliphatic heterocycles. The number of amides is 1. The molecule has 0 unspecified atom stereocenters. The highest BCUT2D eigenvalue weighted by Crippen LogP contribution is 2.17. The highest BCUT2D eigenvalue weighted by molar-refractivity contribution is 7.89. The van der Waals surface area contributed by atoms with Gasteiger partial charge >= 0.3 is 0 Å². The summed E-state index contributed by atoms with van der Waals surface area (Å²) in [5.74, 6) is -0.201. The smallest absolute Gasteiger partial charge is 0.251 e. The molecule has 26 heavy (non-hydrogen) atoms. The monoisotopic (exact) mass is 405 g/mol. The van der Waals surface area contributed by atoms with Gasteiger partial charge in [0.2, 0.25) is 10.0 Å². The van der Waals surface area contributed by atoms with Crippen LogP contribution in [0, 0.1) is 0 Å². The van der Waals surface area contributed by atoms with Crippen LogP contribution in [0.4, 0.5) is 0 Å². The first kappa shape index (κ1) is 24.8. The first-order chi connectivity index (χ1) is 11.9. The van der Waals surface area contributed by atoms with Crippen LogP contribution in [-0.2, 0) is 10.0 Å². The third-order valence-corrected chi connectivity index (χ3v) is 5.73. The lowest BCUT2D eigenvalue weighted by Gasteiger charge is -2.21. The number of hydrogen-bond acceptors (Lipinski definition) is 4. The molecule has 0 radical (unpaired) electrons. The molecule has 0 bridgehead atoms. The summed E-state index contributed by atoms with van der Waals surface area (Å²) >= 11 is 0. The van der Waals surface area contributed by atoms with Gasteiger partial charge in [-0.05, 0) is 50.6 Å². The van der Waals surface area contributed by atoms with Gasteiger partial charge in [0.15, 0.2) is 0 Å². The van der Waals surface area contributed by atoms with Crippen molar-refractivity contribution in [3.63, 3.8) is 0 Å². The fourth-order valence-electron chi connectivity index (χ4n) is 2.55. The van der Waals surface area contributed by atoms with Crippen molar-refractivity contribution < 1.29 is 13.2 Å². The van der Waals surface area contributed by atoms with Crippen molar-refractivity contribution in [2.24, 2.45) is 0 Å². The van der Waals surface area contributed by atoms with Crippen LogP contribution < -0.4 is 10.6 Å². The van der Waals surface area contributed by atoms with E-state index in [0.29, 0.717) is 25.2 Å². The van der Waals surface area contributed by atoms with Gasteiger partial charge in [0.1, 0.15) is 0 Å². The lowest BCUT2D eigenvalue weighted by atomic mass is 10.2. The van der Waals surface area contributed by atoms with Crippen molar-refractivity contribution in [3.8, 4) is 0 Å². The predicted octanol–water partition coefficient (Wildman–Crippen LogP) is 2.65. The second-order valence-electron chi connectivity index (χ2n) is 6.10. The fraction of sp³-hybridized carbons (Fsp3) is 0.611. The van der Waals surface area contributed by atoms with E-state index in [-0.39, 0.29) is 29.3 Å².